The van der Waals surface area contributed by atoms with E-state index in [4.69, 9.17) is 0 Å². The lowest BCUT2D eigenvalue weighted by Crippen LogP contribution is -2.18. The second-order valence-corrected chi connectivity index (χ2v) is 9.96. The smallest absolute Gasteiger partial charge is 0.418 e. The standard InChI is InChI=1S/C10H21P.BF4/c1-8-6-7-9(2)11(8)10(3,4)5;2-1(3,4)5/h8-9H,6-7H2,1-5H3;/q;-1/p+1/t8-,9-;/m0./s1. The third-order valence-electron chi connectivity index (χ3n) is 2.96. The van der Waals surface area contributed by atoms with Gasteiger partial charge in [0.05, 0.1) is 16.5 Å². The van der Waals surface area contributed by atoms with Crippen LogP contribution in [0.4, 0.5) is 17.3 Å². The van der Waals surface area contributed by atoms with Crippen LogP contribution in [0.3, 0.4) is 0 Å². The van der Waals surface area contributed by atoms with Crippen LogP contribution in [0.2, 0.25) is 0 Å². The summed E-state index contributed by atoms with van der Waals surface area (Å²) in [6, 6.07) is 0. The maximum Gasteiger partial charge on any atom is 0.673 e. The summed E-state index contributed by atoms with van der Waals surface area (Å²) in [6.07, 6.45) is 2.99. The van der Waals surface area contributed by atoms with E-state index in [2.05, 4.69) is 34.6 Å². The second-order valence-electron chi connectivity index (χ2n) is 5.58. The predicted molar refractivity (Wildman–Crippen MR) is 66.4 cm³/mol. The highest BCUT2D eigenvalue weighted by molar-refractivity contribution is 7.61. The molecule has 0 aromatic heterocycles. The first-order valence-electron chi connectivity index (χ1n) is 5.67. The highest BCUT2D eigenvalue weighted by atomic mass is 31.1. The van der Waals surface area contributed by atoms with Gasteiger partial charge in [0.15, 0.2) is 0 Å². The van der Waals surface area contributed by atoms with E-state index in [0.29, 0.717) is 5.16 Å². The molecule has 98 valence electrons. The Morgan fingerprint density at radius 1 is 0.938 bits per heavy atom. The predicted octanol–water partition coefficient (Wildman–Crippen LogP) is 4.87. The molecule has 0 nitrogen and oxygen atoms in total. The first-order chi connectivity index (χ1) is 6.93. The summed E-state index contributed by atoms with van der Waals surface area (Å²) in [5.74, 6) is 0. The SMILES string of the molecule is C[C@H]1CC[C@H](C)[PH+]1C(C)(C)C.F[B-](F)(F)F. The van der Waals surface area contributed by atoms with Gasteiger partial charge in [-0.25, -0.2) is 0 Å². The first kappa shape index (κ1) is 16.2. The van der Waals surface area contributed by atoms with Crippen LogP contribution in [0.5, 0.6) is 0 Å². The molecule has 1 aliphatic heterocycles. The second kappa shape index (κ2) is 5.70. The summed E-state index contributed by atoms with van der Waals surface area (Å²) in [7, 11) is -6.08. The molecular formula is C10H22BF4P. The topological polar surface area (TPSA) is 0 Å². The van der Waals surface area contributed by atoms with Crippen LogP contribution in [0.1, 0.15) is 47.5 Å². The fourth-order valence-electron chi connectivity index (χ4n) is 2.78. The molecule has 1 rings (SSSR count). The molecule has 0 spiro atoms. The molecule has 1 saturated heterocycles. The molecule has 0 amide bonds. The monoisotopic (exact) mass is 260 g/mol. The number of rotatable bonds is 0. The Bertz CT molecular complexity index is 196. The van der Waals surface area contributed by atoms with E-state index in [0.717, 1.165) is 11.3 Å². The van der Waals surface area contributed by atoms with Crippen LogP contribution < -0.4 is 0 Å². The summed E-state index contributed by atoms with van der Waals surface area (Å²) in [6.45, 7) is 12.2. The van der Waals surface area contributed by atoms with Crippen molar-refractivity contribution in [1.29, 1.82) is 0 Å². The lowest BCUT2D eigenvalue weighted by Gasteiger charge is -2.26. The molecule has 1 fully saturated rings. The Hall–Kier alpha value is 0.215. The third kappa shape index (κ3) is 6.72. The summed E-state index contributed by atoms with van der Waals surface area (Å²) in [4.78, 5) is 0. The van der Waals surface area contributed by atoms with E-state index in [9.17, 15) is 17.3 Å². The minimum atomic E-state index is -6.00. The Labute approximate surface area is 97.0 Å². The Balaban J connectivity index is 0.000000385. The van der Waals surface area contributed by atoms with Crippen LogP contribution in [0, 0.1) is 0 Å². The zero-order valence-electron chi connectivity index (χ0n) is 10.7. The van der Waals surface area contributed by atoms with Crippen molar-refractivity contribution in [2.75, 3.05) is 0 Å². The first-order valence-corrected chi connectivity index (χ1v) is 7.33. The van der Waals surface area contributed by atoms with Crippen LogP contribution in [-0.4, -0.2) is 23.7 Å². The van der Waals surface area contributed by atoms with Crippen LogP contribution in [0.25, 0.3) is 0 Å². The fraction of sp³-hybridized carbons (Fsp3) is 1.00. The maximum absolute atomic E-state index is 9.75. The van der Waals surface area contributed by atoms with Gasteiger partial charge >= 0.3 is 7.25 Å². The molecular weight excluding hydrogens is 238 g/mol. The molecule has 0 aromatic rings. The Morgan fingerprint density at radius 3 is 1.31 bits per heavy atom. The molecule has 0 radical (unpaired) electrons. The fourth-order valence-corrected chi connectivity index (χ4v) is 7.66. The van der Waals surface area contributed by atoms with Crippen LogP contribution in [-0.2, 0) is 0 Å². The molecule has 2 atom stereocenters. The van der Waals surface area contributed by atoms with Crippen molar-refractivity contribution in [3.63, 3.8) is 0 Å². The highest BCUT2D eigenvalue weighted by Gasteiger charge is 2.45. The van der Waals surface area contributed by atoms with Gasteiger partial charge in [0.25, 0.3) is 0 Å². The van der Waals surface area contributed by atoms with E-state index in [1.165, 1.54) is 12.8 Å². The molecule has 16 heavy (non-hydrogen) atoms. The average Bonchev–Trinajstić information content (AvgIpc) is 2.24. The highest BCUT2D eigenvalue weighted by Crippen LogP contribution is 2.63. The molecule has 0 saturated carbocycles. The summed E-state index contributed by atoms with van der Waals surface area (Å²) in [5.41, 5.74) is 2.10. The zero-order chi connectivity index (χ0) is 13.1. The van der Waals surface area contributed by atoms with Crippen molar-refractivity contribution in [3.05, 3.63) is 0 Å². The lowest BCUT2D eigenvalue weighted by atomic mass is 10.2. The third-order valence-corrected chi connectivity index (χ3v) is 7.39. The van der Waals surface area contributed by atoms with Crippen molar-refractivity contribution < 1.29 is 17.3 Å². The van der Waals surface area contributed by atoms with Gasteiger partial charge in [-0.05, 0) is 47.5 Å². The Kier molecular flexibility index (Phi) is 5.78. The van der Waals surface area contributed by atoms with E-state index >= 15 is 0 Å². The van der Waals surface area contributed by atoms with Gasteiger partial charge in [-0.1, -0.05) is 0 Å². The van der Waals surface area contributed by atoms with Gasteiger partial charge in [-0.3, -0.25) is 0 Å². The lowest BCUT2D eigenvalue weighted by molar-refractivity contribution is 0.368. The van der Waals surface area contributed by atoms with Crippen molar-refractivity contribution in [1.82, 2.24) is 0 Å². The van der Waals surface area contributed by atoms with E-state index in [1.807, 2.05) is 0 Å². The maximum atomic E-state index is 9.75. The van der Waals surface area contributed by atoms with Gasteiger partial charge in [0.1, 0.15) is 0 Å². The van der Waals surface area contributed by atoms with Gasteiger partial charge in [-0.15, -0.1) is 0 Å². The van der Waals surface area contributed by atoms with Crippen molar-refractivity contribution in [2.24, 2.45) is 0 Å². The summed E-state index contributed by atoms with van der Waals surface area (Å²) in [5, 5.41) is 0.625. The minimum absolute atomic E-state index is 0.0831. The van der Waals surface area contributed by atoms with Gasteiger partial charge < -0.3 is 17.3 Å². The quantitative estimate of drug-likeness (QED) is 0.331. The van der Waals surface area contributed by atoms with Gasteiger partial charge in [-0.2, -0.15) is 0 Å². The van der Waals surface area contributed by atoms with Gasteiger partial charge in [0, 0.05) is 7.92 Å². The van der Waals surface area contributed by atoms with E-state index in [-0.39, 0.29) is 7.92 Å². The van der Waals surface area contributed by atoms with Gasteiger partial charge in [0.2, 0.25) is 0 Å². The summed E-state index contributed by atoms with van der Waals surface area (Å²) >= 11 is 0. The molecule has 0 aromatic carbocycles. The largest absolute Gasteiger partial charge is 0.673 e. The molecule has 1 aliphatic rings. The molecule has 0 bridgehead atoms. The molecule has 0 unspecified atom stereocenters. The zero-order valence-corrected chi connectivity index (χ0v) is 11.7. The van der Waals surface area contributed by atoms with Crippen LogP contribution >= 0.6 is 7.92 Å². The van der Waals surface area contributed by atoms with Crippen molar-refractivity contribution in [3.8, 4) is 0 Å². The number of hydrogen-bond acceptors (Lipinski definition) is 0. The van der Waals surface area contributed by atoms with E-state index < -0.39 is 7.25 Å². The molecule has 0 aliphatic carbocycles. The van der Waals surface area contributed by atoms with Crippen molar-refractivity contribution in [2.45, 2.75) is 63.9 Å². The summed E-state index contributed by atoms with van der Waals surface area (Å²) < 4.78 is 39.0. The van der Waals surface area contributed by atoms with E-state index in [1.54, 1.807) is 0 Å². The van der Waals surface area contributed by atoms with Crippen LogP contribution in [0.15, 0.2) is 0 Å². The minimum Gasteiger partial charge on any atom is -0.418 e. The number of halogens is 4. The average molecular weight is 260 g/mol. The normalized spacial score (nSPS) is 27.6. The molecule has 6 heteroatoms. The Morgan fingerprint density at radius 2 is 1.19 bits per heavy atom. The molecule has 1 heterocycles. The molecule has 0 N–H and O–H groups in total. The number of hydrogen-bond donors (Lipinski definition) is 0. The van der Waals surface area contributed by atoms with Crippen molar-refractivity contribution >= 4 is 15.2 Å².